The summed E-state index contributed by atoms with van der Waals surface area (Å²) in [5, 5.41) is 3.33. The van der Waals surface area contributed by atoms with Gasteiger partial charge in [0.2, 0.25) is 0 Å². The maximum atomic E-state index is 12.8. The molecule has 116 valence electrons. The molecule has 4 rings (SSSR count). The Labute approximate surface area is 136 Å². The van der Waals surface area contributed by atoms with Crippen LogP contribution in [0.4, 0.5) is 0 Å². The van der Waals surface area contributed by atoms with Crippen molar-refractivity contribution in [3.05, 3.63) is 62.9 Å². The number of carbonyl (C=O) groups excluding carboxylic acids is 1. The first-order valence-corrected chi connectivity index (χ1v) is 8.35. The van der Waals surface area contributed by atoms with Gasteiger partial charge in [-0.15, -0.1) is 11.3 Å². The lowest BCUT2D eigenvalue weighted by molar-refractivity contribution is 0.0703. The van der Waals surface area contributed by atoms with Gasteiger partial charge in [0.15, 0.2) is 11.2 Å². The van der Waals surface area contributed by atoms with Crippen LogP contribution < -0.4 is 5.43 Å². The van der Waals surface area contributed by atoms with E-state index in [2.05, 4.69) is 4.98 Å². The van der Waals surface area contributed by atoms with Crippen LogP contribution in [0, 0.1) is 0 Å². The number of hydrogen-bond acceptors (Lipinski definition) is 5. The smallest absolute Gasteiger partial charge is 0.290 e. The minimum Gasteiger partial charge on any atom is -0.451 e. The van der Waals surface area contributed by atoms with E-state index in [0.29, 0.717) is 17.5 Å². The third kappa shape index (κ3) is 2.45. The average molecular weight is 326 g/mol. The number of thiazole rings is 1. The van der Waals surface area contributed by atoms with E-state index in [-0.39, 0.29) is 23.1 Å². The van der Waals surface area contributed by atoms with Gasteiger partial charge in [-0.1, -0.05) is 12.1 Å². The second-order valence-electron chi connectivity index (χ2n) is 5.50. The van der Waals surface area contributed by atoms with Gasteiger partial charge < -0.3 is 9.32 Å². The lowest BCUT2D eigenvalue weighted by Gasteiger charge is -2.22. The van der Waals surface area contributed by atoms with Crippen molar-refractivity contribution < 1.29 is 9.21 Å². The van der Waals surface area contributed by atoms with Crippen molar-refractivity contribution in [2.75, 3.05) is 6.54 Å². The van der Waals surface area contributed by atoms with E-state index in [4.69, 9.17) is 4.42 Å². The maximum absolute atomic E-state index is 12.8. The van der Waals surface area contributed by atoms with Crippen molar-refractivity contribution in [2.24, 2.45) is 0 Å². The molecule has 1 fully saturated rings. The monoisotopic (exact) mass is 326 g/mol. The Hall–Kier alpha value is -2.47. The van der Waals surface area contributed by atoms with Crippen LogP contribution in [0.2, 0.25) is 0 Å². The normalized spacial score (nSPS) is 17.7. The Morgan fingerprint density at radius 3 is 3.04 bits per heavy atom. The van der Waals surface area contributed by atoms with Gasteiger partial charge in [-0.05, 0) is 25.0 Å². The summed E-state index contributed by atoms with van der Waals surface area (Å²) in [6, 6.07) is 8.23. The van der Waals surface area contributed by atoms with Crippen LogP contribution in [0.1, 0.15) is 34.4 Å². The standard InChI is InChI=1S/C17H14N2O3S/c20-13-10-15(22-14-6-2-1-4-11(13)14)17(21)19-8-3-5-12(19)16-18-7-9-23-16/h1-2,4,6-7,9-10,12H,3,5,8H2. The molecular weight excluding hydrogens is 312 g/mol. The molecule has 0 N–H and O–H groups in total. The summed E-state index contributed by atoms with van der Waals surface area (Å²) in [7, 11) is 0. The fourth-order valence-electron chi connectivity index (χ4n) is 3.02. The summed E-state index contributed by atoms with van der Waals surface area (Å²) in [5.74, 6) is -0.150. The SMILES string of the molecule is O=C(c1cc(=O)c2ccccc2o1)N1CCCC1c1nccs1. The second kappa shape index (κ2) is 5.62. The topological polar surface area (TPSA) is 63.4 Å². The Morgan fingerprint density at radius 1 is 1.35 bits per heavy atom. The van der Waals surface area contributed by atoms with E-state index in [1.807, 2.05) is 5.38 Å². The average Bonchev–Trinajstić information content (AvgIpc) is 3.25. The lowest BCUT2D eigenvalue weighted by atomic mass is 10.2. The Bertz CT molecular complexity index is 917. The molecule has 3 aromatic rings. The number of hydrogen-bond donors (Lipinski definition) is 0. The van der Waals surface area contributed by atoms with E-state index in [1.165, 1.54) is 6.07 Å². The Morgan fingerprint density at radius 2 is 2.22 bits per heavy atom. The number of amides is 1. The Balaban J connectivity index is 1.73. The molecule has 5 nitrogen and oxygen atoms in total. The number of benzene rings is 1. The highest BCUT2D eigenvalue weighted by Crippen LogP contribution is 2.34. The van der Waals surface area contributed by atoms with E-state index >= 15 is 0 Å². The summed E-state index contributed by atoms with van der Waals surface area (Å²) in [5.41, 5.74) is 0.244. The molecule has 23 heavy (non-hydrogen) atoms. The zero-order valence-electron chi connectivity index (χ0n) is 12.3. The molecule has 0 bridgehead atoms. The summed E-state index contributed by atoms with van der Waals surface area (Å²) >= 11 is 1.54. The molecule has 1 saturated heterocycles. The van der Waals surface area contributed by atoms with Gasteiger partial charge in [-0.2, -0.15) is 0 Å². The van der Waals surface area contributed by atoms with Gasteiger partial charge >= 0.3 is 0 Å². The third-order valence-corrected chi connectivity index (χ3v) is 4.97. The van der Waals surface area contributed by atoms with E-state index in [0.717, 1.165) is 17.8 Å². The van der Waals surface area contributed by atoms with E-state index < -0.39 is 0 Å². The van der Waals surface area contributed by atoms with Crippen LogP contribution in [-0.2, 0) is 0 Å². The van der Waals surface area contributed by atoms with Gasteiger partial charge in [-0.25, -0.2) is 4.98 Å². The molecule has 1 aliphatic heterocycles. The predicted molar refractivity (Wildman–Crippen MR) is 87.6 cm³/mol. The highest BCUT2D eigenvalue weighted by atomic mass is 32.1. The van der Waals surface area contributed by atoms with Gasteiger partial charge in [0.05, 0.1) is 11.4 Å². The minimum absolute atomic E-state index is 0.0285. The molecule has 1 unspecified atom stereocenters. The Kier molecular flexibility index (Phi) is 3.46. The maximum Gasteiger partial charge on any atom is 0.290 e. The van der Waals surface area contributed by atoms with Gasteiger partial charge in [0.25, 0.3) is 5.91 Å². The molecule has 6 heteroatoms. The molecule has 1 amide bonds. The van der Waals surface area contributed by atoms with Crippen molar-refractivity contribution in [3.63, 3.8) is 0 Å². The summed E-state index contributed by atoms with van der Waals surface area (Å²) in [6.07, 6.45) is 3.56. The molecule has 0 aliphatic carbocycles. The van der Waals surface area contributed by atoms with E-state index in [9.17, 15) is 9.59 Å². The van der Waals surface area contributed by atoms with Gasteiger partial charge in [-0.3, -0.25) is 9.59 Å². The number of fused-ring (bicyclic) bond motifs is 1. The zero-order chi connectivity index (χ0) is 15.8. The first kappa shape index (κ1) is 14.1. The van der Waals surface area contributed by atoms with Crippen molar-refractivity contribution >= 4 is 28.2 Å². The van der Waals surface area contributed by atoms with Gasteiger partial charge in [0.1, 0.15) is 10.6 Å². The largest absolute Gasteiger partial charge is 0.451 e. The molecule has 1 aromatic carbocycles. The summed E-state index contributed by atoms with van der Waals surface area (Å²) < 4.78 is 5.67. The van der Waals surface area contributed by atoms with Gasteiger partial charge in [0, 0.05) is 24.2 Å². The highest BCUT2D eigenvalue weighted by molar-refractivity contribution is 7.09. The van der Waals surface area contributed by atoms with Crippen LogP contribution in [0.5, 0.6) is 0 Å². The first-order chi connectivity index (χ1) is 11.2. The summed E-state index contributed by atoms with van der Waals surface area (Å²) in [4.78, 5) is 31.1. The zero-order valence-corrected chi connectivity index (χ0v) is 13.1. The number of para-hydroxylation sites is 1. The molecule has 3 heterocycles. The van der Waals surface area contributed by atoms with Crippen LogP contribution in [0.3, 0.4) is 0 Å². The minimum atomic E-state index is -0.245. The van der Waals surface area contributed by atoms with Crippen LogP contribution in [-0.4, -0.2) is 22.3 Å². The molecule has 1 atom stereocenters. The first-order valence-electron chi connectivity index (χ1n) is 7.47. The number of likely N-dealkylation sites (tertiary alicyclic amines) is 1. The number of rotatable bonds is 2. The fourth-order valence-corrected chi connectivity index (χ4v) is 3.80. The third-order valence-electron chi connectivity index (χ3n) is 4.10. The highest BCUT2D eigenvalue weighted by Gasteiger charge is 2.33. The van der Waals surface area contributed by atoms with Crippen molar-refractivity contribution in [3.8, 4) is 0 Å². The van der Waals surface area contributed by atoms with Crippen molar-refractivity contribution in [1.29, 1.82) is 0 Å². The summed E-state index contributed by atoms with van der Waals surface area (Å²) in [6.45, 7) is 0.652. The van der Waals surface area contributed by atoms with Crippen LogP contribution in [0.25, 0.3) is 11.0 Å². The second-order valence-corrected chi connectivity index (χ2v) is 6.42. The van der Waals surface area contributed by atoms with Crippen molar-refractivity contribution in [2.45, 2.75) is 18.9 Å². The molecule has 1 aliphatic rings. The number of aromatic nitrogens is 1. The molecular formula is C17H14N2O3S. The van der Waals surface area contributed by atoms with Crippen molar-refractivity contribution in [1.82, 2.24) is 9.88 Å². The quantitative estimate of drug-likeness (QED) is 0.725. The van der Waals surface area contributed by atoms with E-state index in [1.54, 1.807) is 46.7 Å². The van der Waals surface area contributed by atoms with Crippen LogP contribution >= 0.6 is 11.3 Å². The molecule has 0 spiro atoms. The number of carbonyl (C=O) groups is 1. The molecule has 0 saturated carbocycles. The number of nitrogens with zero attached hydrogens (tertiary/aromatic N) is 2. The fraction of sp³-hybridized carbons (Fsp3) is 0.235. The van der Waals surface area contributed by atoms with Crippen LogP contribution in [0.15, 0.2) is 51.1 Å². The molecule has 0 radical (unpaired) electrons. The predicted octanol–water partition coefficient (Wildman–Crippen LogP) is 3.23. The molecule has 2 aromatic heterocycles. The lowest BCUT2D eigenvalue weighted by Crippen LogP contribution is -2.31.